The normalized spacial score (nSPS) is 10.2. The third-order valence-electron chi connectivity index (χ3n) is 4.77. The number of carbonyl (C=O) groups is 4. The zero-order valence-electron chi connectivity index (χ0n) is 19.5. The number of carbonyl (C=O) groups excluding carboxylic acids is 4. The monoisotopic (exact) mass is 543 g/mol. The van der Waals surface area contributed by atoms with Crippen molar-refractivity contribution in [2.24, 2.45) is 0 Å². The quantitative estimate of drug-likeness (QED) is 0.247. The maximum absolute atomic E-state index is 12.1. The second kappa shape index (κ2) is 13.9. The number of rotatable bonds is 10. The molecule has 9 nitrogen and oxygen atoms in total. The Kier molecular flexibility index (Phi) is 10.3. The predicted molar refractivity (Wildman–Crippen MR) is 138 cm³/mol. The van der Waals surface area contributed by atoms with E-state index in [2.05, 4.69) is 16.2 Å². The molecule has 0 saturated carbocycles. The van der Waals surface area contributed by atoms with E-state index in [1.807, 2.05) is 0 Å². The van der Waals surface area contributed by atoms with E-state index in [0.29, 0.717) is 22.2 Å². The van der Waals surface area contributed by atoms with Crippen LogP contribution in [0.2, 0.25) is 10.0 Å². The molecule has 0 aliphatic carbocycles. The van der Waals surface area contributed by atoms with Crippen molar-refractivity contribution in [3.05, 3.63) is 88.4 Å². The Hall–Kier alpha value is -4.08. The Morgan fingerprint density at radius 3 is 2.05 bits per heavy atom. The molecule has 3 amide bonds. The largest absolute Gasteiger partial charge is 0.457 e. The fourth-order valence-corrected chi connectivity index (χ4v) is 3.30. The Morgan fingerprint density at radius 2 is 1.38 bits per heavy atom. The summed E-state index contributed by atoms with van der Waals surface area (Å²) in [5.74, 6) is -1.04. The number of hydrogen-bond donors (Lipinski definition) is 3. The van der Waals surface area contributed by atoms with Crippen LogP contribution in [0.1, 0.15) is 29.6 Å². The van der Waals surface area contributed by atoms with Crippen molar-refractivity contribution in [3.8, 4) is 11.5 Å². The molecule has 0 radical (unpaired) electrons. The highest BCUT2D eigenvalue weighted by Gasteiger charge is 2.12. The van der Waals surface area contributed by atoms with Gasteiger partial charge in [-0.2, -0.15) is 0 Å². The molecular formula is C26H23Cl2N3O6. The molecule has 0 aliphatic rings. The standard InChI is InChI=1S/C26H23Cl2N3O6/c27-17-8-12-19(13-9-17)37-20-14-10-18(11-15-20)29-23(32)6-3-7-25(34)36-16-24(33)30-31-26(35)21-4-1-2-5-22(21)28/h1-2,4-5,8-15H,3,6-7,16H2,(H,29,32)(H,30,33)(H,31,35). The first-order valence-electron chi connectivity index (χ1n) is 11.1. The summed E-state index contributed by atoms with van der Waals surface area (Å²) in [5.41, 5.74) is 5.07. The van der Waals surface area contributed by atoms with Gasteiger partial charge in [-0.15, -0.1) is 0 Å². The highest BCUT2D eigenvalue weighted by Crippen LogP contribution is 2.24. The van der Waals surface area contributed by atoms with E-state index in [1.165, 1.54) is 12.1 Å². The van der Waals surface area contributed by atoms with Gasteiger partial charge in [-0.1, -0.05) is 35.3 Å². The average molecular weight is 544 g/mol. The number of hydrogen-bond acceptors (Lipinski definition) is 6. The van der Waals surface area contributed by atoms with Gasteiger partial charge in [0.2, 0.25) is 5.91 Å². The molecule has 0 aromatic heterocycles. The summed E-state index contributed by atoms with van der Waals surface area (Å²) in [4.78, 5) is 47.7. The van der Waals surface area contributed by atoms with E-state index < -0.39 is 24.4 Å². The van der Waals surface area contributed by atoms with Crippen LogP contribution in [0.4, 0.5) is 5.69 Å². The number of hydrazine groups is 1. The van der Waals surface area contributed by atoms with Gasteiger partial charge in [-0.25, -0.2) is 0 Å². The molecule has 0 saturated heterocycles. The van der Waals surface area contributed by atoms with E-state index in [4.69, 9.17) is 32.7 Å². The van der Waals surface area contributed by atoms with E-state index in [1.54, 1.807) is 60.7 Å². The molecule has 0 aliphatic heterocycles. The van der Waals surface area contributed by atoms with Gasteiger partial charge in [-0.05, 0) is 67.1 Å². The van der Waals surface area contributed by atoms with Crippen molar-refractivity contribution in [2.45, 2.75) is 19.3 Å². The summed E-state index contributed by atoms with van der Waals surface area (Å²) in [6.45, 7) is -0.585. The minimum Gasteiger partial charge on any atom is -0.457 e. The van der Waals surface area contributed by atoms with E-state index in [9.17, 15) is 19.2 Å². The summed E-state index contributed by atoms with van der Waals surface area (Å²) < 4.78 is 10.6. The van der Waals surface area contributed by atoms with Crippen LogP contribution < -0.4 is 20.9 Å². The van der Waals surface area contributed by atoms with Crippen molar-refractivity contribution in [2.75, 3.05) is 11.9 Å². The molecule has 3 aromatic rings. The Morgan fingerprint density at radius 1 is 0.730 bits per heavy atom. The number of anilines is 1. The maximum atomic E-state index is 12.1. The van der Waals surface area contributed by atoms with Crippen molar-refractivity contribution in [1.29, 1.82) is 0 Å². The number of amides is 3. The molecule has 3 N–H and O–H groups in total. The Bertz CT molecular complexity index is 1250. The van der Waals surface area contributed by atoms with Crippen molar-refractivity contribution in [3.63, 3.8) is 0 Å². The van der Waals surface area contributed by atoms with Gasteiger partial charge in [0, 0.05) is 23.6 Å². The number of nitrogens with one attached hydrogen (secondary N) is 3. The number of halogens is 2. The summed E-state index contributed by atoms with van der Waals surface area (Å²) >= 11 is 11.8. The summed E-state index contributed by atoms with van der Waals surface area (Å²) in [6, 6.07) is 20.1. The van der Waals surface area contributed by atoms with Gasteiger partial charge in [-0.3, -0.25) is 30.0 Å². The van der Waals surface area contributed by atoms with Crippen LogP contribution in [0.15, 0.2) is 72.8 Å². The number of esters is 1. The van der Waals surface area contributed by atoms with Gasteiger partial charge >= 0.3 is 5.97 Å². The van der Waals surface area contributed by atoms with Crippen LogP contribution in [-0.2, 0) is 19.1 Å². The third-order valence-corrected chi connectivity index (χ3v) is 5.35. The first kappa shape index (κ1) is 27.5. The maximum Gasteiger partial charge on any atom is 0.306 e. The number of benzene rings is 3. The van der Waals surface area contributed by atoms with E-state index >= 15 is 0 Å². The number of ether oxygens (including phenoxy) is 2. The van der Waals surface area contributed by atoms with Crippen LogP contribution in [0.3, 0.4) is 0 Å². The second-order valence-electron chi connectivity index (χ2n) is 7.62. The molecule has 0 unspecified atom stereocenters. The SMILES string of the molecule is O=C(COC(=O)CCCC(=O)Nc1ccc(Oc2ccc(Cl)cc2)cc1)NNC(=O)c1ccccc1Cl. The molecular weight excluding hydrogens is 521 g/mol. The predicted octanol–water partition coefficient (Wildman–Crippen LogP) is 4.90. The van der Waals surface area contributed by atoms with Crippen LogP contribution in [0.5, 0.6) is 11.5 Å². The molecule has 37 heavy (non-hydrogen) atoms. The molecule has 192 valence electrons. The first-order valence-corrected chi connectivity index (χ1v) is 11.9. The Balaban J connectivity index is 1.29. The smallest absolute Gasteiger partial charge is 0.306 e. The van der Waals surface area contributed by atoms with Gasteiger partial charge in [0.25, 0.3) is 11.8 Å². The highest BCUT2D eigenvalue weighted by atomic mass is 35.5. The van der Waals surface area contributed by atoms with Crippen LogP contribution in [-0.4, -0.2) is 30.3 Å². The van der Waals surface area contributed by atoms with Crippen molar-refractivity contribution in [1.82, 2.24) is 10.9 Å². The fraction of sp³-hybridized carbons (Fsp3) is 0.154. The van der Waals surface area contributed by atoms with E-state index in [-0.39, 0.29) is 35.8 Å². The first-order chi connectivity index (χ1) is 17.8. The van der Waals surface area contributed by atoms with Gasteiger partial charge in [0.05, 0.1) is 10.6 Å². The highest BCUT2D eigenvalue weighted by molar-refractivity contribution is 6.33. The summed E-state index contributed by atoms with van der Waals surface area (Å²) in [6.07, 6.45) is 0.256. The molecule has 0 bridgehead atoms. The molecule has 11 heteroatoms. The lowest BCUT2D eigenvalue weighted by Gasteiger charge is -2.09. The van der Waals surface area contributed by atoms with Crippen LogP contribution in [0.25, 0.3) is 0 Å². The van der Waals surface area contributed by atoms with Crippen LogP contribution >= 0.6 is 23.2 Å². The second-order valence-corrected chi connectivity index (χ2v) is 8.47. The molecule has 0 fully saturated rings. The summed E-state index contributed by atoms with van der Waals surface area (Å²) in [7, 11) is 0. The molecule has 0 atom stereocenters. The minimum absolute atomic E-state index is 0.0550. The topological polar surface area (TPSA) is 123 Å². The van der Waals surface area contributed by atoms with Crippen molar-refractivity contribution < 1.29 is 28.7 Å². The van der Waals surface area contributed by atoms with Gasteiger partial charge < -0.3 is 14.8 Å². The van der Waals surface area contributed by atoms with E-state index in [0.717, 1.165) is 0 Å². The van der Waals surface area contributed by atoms with Gasteiger partial charge in [0.1, 0.15) is 11.5 Å². The lowest BCUT2D eigenvalue weighted by molar-refractivity contribution is -0.148. The zero-order valence-corrected chi connectivity index (χ0v) is 21.0. The Labute approximate surface area is 223 Å². The minimum atomic E-state index is -0.727. The van der Waals surface area contributed by atoms with Crippen LogP contribution in [0, 0.1) is 0 Å². The lowest BCUT2D eigenvalue weighted by atomic mass is 10.2. The van der Waals surface area contributed by atoms with Gasteiger partial charge in [0.15, 0.2) is 6.61 Å². The van der Waals surface area contributed by atoms with Crippen molar-refractivity contribution >= 4 is 52.6 Å². The molecule has 3 aromatic carbocycles. The lowest BCUT2D eigenvalue weighted by Crippen LogP contribution is -2.43. The summed E-state index contributed by atoms with van der Waals surface area (Å²) in [5, 5.41) is 3.57. The molecule has 0 heterocycles. The molecule has 3 rings (SSSR count). The third kappa shape index (κ3) is 9.47. The average Bonchev–Trinajstić information content (AvgIpc) is 2.89. The molecule has 0 spiro atoms. The fourth-order valence-electron chi connectivity index (χ4n) is 2.96. The zero-order chi connectivity index (χ0) is 26.6.